The Morgan fingerprint density at radius 3 is 2.94 bits per heavy atom. The second-order valence-corrected chi connectivity index (χ2v) is 4.05. The maximum absolute atomic E-state index is 6.05. The minimum Gasteiger partial charge on any atom is -0.495 e. The standard InChI is InChI=1S/C11H14ClN5O/c1-3-17-11(14-15-16-17)13-7-8-4-5-10(18-2)9(12)6-8/h4-6H,3,7H2,1-2H3,(H,13,14,16). The second kappa shape index (κ2) is 5.68. The number of benzene rings is 1. The first-order valence-corrected chi connectivity index (χ1v) is 5.95. The van der Waals surface area contributed by atoms with Crippen molar-refractivity contribution < 1.29 is 4.74 Å². The van der Waals surface area contributed by atoms with Gasteiger partial charge in [0.25, 0.3) is 0 Å². The van der Waals surface area contributed by atoms with Crippen molar-refractivity contribution in [3.05, 3.63) is 28.8 Å². The molecule has 0 saturated heterocycles. The maximum Gasteiger partial charge on any atom is 0.243 e. The van der Waals surface area contributed by atoms with E-state index in [0.717, 1.165) is 12.1 Å². The first kappa shape index (κ1) is 12.6. The summed E-state index contributed by atoms with van der Waals surface area (Å²) in [6.07, 6.45) is 0. The molecule has 96 valence electrons. The number of nitrogens with zero attached hydrogens (tertiary/aromatic N) is 4. The van der Waals surface area contributed by atoms with Crippen molar-refractivity contribution in [2.45, 2.75) is 20.0 Å². The fraction of sp³-hybridized carbons (Fsp3) is 0.364. The first-order chi connectivity index (χ1) is 8.74. The van der Waals surface area contributed by atoms with Crippen LogP contribution in [-0.2, 0) is 13.1 Å². The van der Waals surface area contributed by atoms with Gasteiger partial charge in [0.05, 0.1) is 12.1 Å². The molecule has 18 heavy (non-hydrogen) atoms. The minimum atomic E-state index is 0.590. The fourth-order valence-corrected chi connectivity index (χ4v) is 1.83. The lowest BCUT2D eigenvalue weighted by Crippen LogP contribution is -2.07. The Balaban J connectivity index is 2.04. The monoisotopic (exact) mass is 267 g/mol. The van der Waals surface area contributed by atoms with Crippen LogP contribution in [0.3, 0.4) is 0 Å². The summed E-state index contributed by atoms with van der Waals surface area (Å²) < 4.78 is 6.78. The van der Waals surface area contributed by atoms with E-state index in [2.05, 4.69) is 20.8 Å². The highest BCUT2D eigenvalue weighted by atomic mass is 35.5. The van der Waals surface area contributed by atoms with Crippen LogP contribution >= 0.6 is 11.6 Å². The van der Waals surface area contributed by atoms with E-state index < -0.39 is 0 Å². The van der Waals surface area contributed by atoms with Crippen molar-refractivity contribution in [1.82, 2.24) is 20.2 Å². The number of tetrazole rings is 1. The SMILES string of the molecule is CCn1nnnc1NCc1ccc(OC)c(Cl)c1. The highest BCUT2D eigenvalue weighted by Crippen LogP contribution is 2.25. The molecular formula is C11H14ClN5O. The Kier molecular flexibility index (Phi) is 3.99. The number of hydrogen-bond donors (Lipinski definition) is 1. The molecule has 0 fully saturated rings. The Labute approximate surface area is 110 Å². The third kappa shape index (κ3) is 2.70. The predicted molar refractivity (Wildman–Crippen MR) is 68.8 cm³/mol. The summed E-state index contributed by atoms with van der Waals surface area (Å²) in [5.41, 5.74) is 1.03. The van der Waals surface area contributed by atoms with E-state index in [1.807, 2.05) is 25.1 Å². The van der Waals surface area contributed by atoms with Crippen molar-refractivity contribution in [1.29, 1.82) is 0 Å². The number of halogens is 1. The molecule has 7 heteroatoms. The van der Waals surface area contributed by atoms with Crippen LogP contribution in [0.4, 0.5) is 5.95 Å². The number of ether oxygens (including phenoxy) is 1. The maximum atomic E-state index is 6.05. The molecule has 0 spiro atoms. The van der Waals surface area contributed by atoms with E-state index in [-0.39, 0.29) is 0 Å². The van der Waals surface area contributed by atoms with Crippen molar-refractivity contribution >= 4 is 17.5 Å². The van der Waals surface area contributed by atoms with Crippen molar-refractivity contribution in [3.63, 3.8) is 0 Å². The number of hydrogen-bond acceptors (Lipinski definition) is 5. The molecule has 0 saturated carbocycles. The number of aryl methyl sites for hydroxylation is 1. The molecule has 0 bridgehead atoms. The molecule has 1 N–H and O–H groups in total. The van der Waals surface area contributed by atoms with Gasteiger partial charge in [-0.2, -0.15) is 0 Å². The summed E-state index contributed by atoms with van der Waals surface area (Å²) in [4.78, 5) is 0. The number of nitrogens with one attached hydrogen (secondary N) is 1. The van der Waals surface area contributed by atoms with Gasteiger partial charge in [-0.15, -0.1) is 0 Å². The summed E-state index contributed by atoms with van der Waals surface area (Å²) in [5.74, 6) is 1.31. The van der Waals surface area contributed by atoms with Gasteiger partial charge in [-0.3, -0.25) is 0 Å². The van der Waals surface area contributed by atoms with Gasteiger partial charge in [0.1, 0.15) is 5.75 Å². The molecule has 1 aromatic heterocycles. The third-order valence-corrected chi connectivity index (χ3v) is 2.79. The summed E-state index contributed by atoms with van der Waals surface area (Å²) in [5, 5.41) is 15.1. The zero-order valence-corrected chi connectivity index (χ0v) is 11.0. The Hall–Kier alpha value is -1.82. The molecule has 6 nitrogen and oxygen atoms in total. The van der Waals surface area contributed by atoms with Crippen LogP contribution < -0.4 is 10.1 Å². The smallest absolute Gasteiger partial charge is 0.243 e. The van der Waals surface area contributed by atoms with Crippen LogP contribution in [0, 0.1) is 0 Å². The number of rotatable bonds is 5. The Bertz CT molecular complexity index is 528. The van der Waals surface area contributed by atoms with Gasteiger partial charge in [0, 0.05) is 13.1 Å². The molecule has 1 aromatic carbocycles. The van der Waals surface area contributed by atoms with Crippen molar-refractivity contribution in [2.75, 3.05) is 12.4 Å². The molecule has 0 radical (unpaired) electrons. The molecule has 2 aromatic rings. The number of anilines is 1. The van der Waals surface area contributed by atoms with Crippen LogP contribution in [0.2, 0.25) is 5.02 Å². The quantitative estimate of drug-likeness (QED) is 0.897. The molecular weight excluding hydrogens is 254 g/mol. The third-order valence-electron chi connectivity index (χ3n) is 2.50. The summed E-state index contributed by atoms with van der Waals surface area (Å²) in [7, 11) is 1.59. The van der Waals surface area contributed by atoms with E-state index >= 15 is 0 Å². The molecule has 0 amide bonds. The van der Waals surface area contributed by atoms with E-state index in [9.17, 15) is 0 Å². The highest BCUT2D eigenvalue weighted by Gasteiger charge is 2.05. The van der Waals surface area contributed by atoms with Crippen LogP contribution in [0.25, 0.3) is 0 Å². The summed E-state index contributed by atoms with van der Waals surface area (Å²) in [6.45, 7) is 3.30. The normalized spacial score (nSPS) is 10.4. The number of aromatic nitrogens is 4. The van der Waals surface area contributed by atoms with Gasteiger partial charge in [0.15, 0.2) is 0 Å². The van der Waals surface area contributed by atoms with Crippen LogP contribution in [0.5, 0.6) is 5.75 Å². The largest absolute Gasteiger partial charge is 0.495 e. The van der Waals surface area contributed by atoms with Gasteiger partial charge in [-0.1, -0.05) is 22.8 Å². The van der Waals surface area contributed by atoms with Gasteiger partial charge >= 0.3 is 0 Å². The predicted octanol–water partition coefficient (Wildman–Crippen LogP) is 1.97. The molecule has 0 aliphatic heterocycles. The van der Waals surface area contributed by atoms with E-state index in [1.165, 1.54) is 0 Å². The Morgan fingerprint density at radius 2 is 2.28 bits per heavy atom. The lowest BCUT2D eigenvalue weighted by molar-refractivity contribution is 0.415. The molecule has 0 aliphatic carbocycles. The van der Waals surface area contributed by atoms with Crippen LogP contribution in [0.1, 0.15) is 12.5 Å². The van der Waals surface area contributed by atoms with E-state index in [0.29, 0.717) is 23.3 Å². The second-order valence-electron chi connectivity index (χ2n) is 3.64. The highest BCUT2D eigenvalue weighted by molar-refractivity contribution is 6.32. The summed E-state index contributed by atoms with van der Waals surface area (Å²) in [6, 6.07) is 5.63. The summed E-state index contributed by atoms with van der Waals surface area (Å²) >= 11 is 6.05. The topological polar surface area (TPSA) is 64.9 Å². The zero-order chi connectivity index (χ0) is 13.0. The molecule has 0 atom stereocenters. The molecule has 1 heterocycles. The molecule has 0 aliphatic rings. The van der Waals surface area contributed by atoms with Gasteiger partial charge in [0.2, 0.25) is 5.95 Å². The van der Waals surface area contributed by atoms with E-state index in [1.54, 1.807) is 11.8 Å². The van der Waals surface area contributed by atoms with Gasteiger partial charge in [-0.25, -0.2) is 4.68 Å². The van der Waals surface area contributed by atoms with Crippen molar-refractivity contribution in [3.8, 4) is 5.75 Å². The van der Waals surface area contributed by atoms with Gasteiger partial charge < -0.3 is 10.1 Å². The minimum absolute atomic E-state index is 0.590. The zero-order valence-electron chi connectivity index (χ0n) is 10.2. The molecule has 0 unspecified atom stereocenters. The average Bonchev–Trinajstić information content (AvgIpc) is 2.84. The van der Waals surface area contributed by atoms with Gasteiger partial charge in [-0.05, 0) is 35.0 Å². The lowest BCUT2D eigenvalue weighted by Gasteiger charge is -2.07. The lowest BCUT2D eigenvalue weighted by atomic mass is 10.2. The molecule has 2 rings (SSSR count). The van der Waals surface area contributed by atoms with E-state index in [4.69, 9.17) is 16.3 Å². The Morgan fingerprint density at radius 1 is 1.44 bits per heavy atom. The van der Waals surface area contributed by atoms with Crippen molar-refractivity contribution in [2.24, 2.45) is 0 Å². The first-order valence-electron chi connectivity index (χ1n) is 5.57. The number of methoxy groups -OCH3 is 1. The fourth-order valence-electron chi connectivity index (χ4n) is 1.55. The van der Waals surface area contributed by atoms with Crippen LogP contribution in [0.15, 0.2) is 18.2 Å². The average molecular weight is 268 g/mol. The van der Waals surface area contributed by atoms with Crippen LogP contribution in [-0.4, -0.2) is 27.3 Å².